The van der Waals surface area contributed by atoms with E-state index in [0.29, 0.717) is 25.9 Å². The summed E-state index contributed by atoms with van der Waals surface area (Å²) in [6, 6.07) is 5.82. The van der Waals surface area contributed by atoms with Crippen LogP contribution in [0.5, 0.6) is 0 Å². The van der Waals surface area contributed by atoms with E-state index in [-0.39, 0.29) is 11.8 Å². The molecule has 0 saturated heterocycles. The van der Waals surface area contributed by atoms with E-state index in [2.05, 4.69) is 6.07 Å². The zero-order valence-corrected chi connectivity index (χ0v) is 10.3. The Labute approximate surface area is 102 Å². The molecule has 1 rings (SSSR count). The van der Waals surface area contributed by atoms with E-state index in [1.165, 1.54) is 0 Å². The quantitative estimate of drug-likeness (QED) is 0.758. The zero-order valence-electron chi connectivity index (χ0n) is 10.3. The van der Waals surface area contributed by atoms with Gasteiger partial charge < -0.3 is 9.32 Å². The summed E-state index contributed by atoms with van der Waals surface area (Å²) in [5.74, 6) is 0.774. The molecule has 1 amide bonds. The first-order valence-corrected chi connectivity index (χ1v) is 5.87. The van der Waals surface area contributed by atoms with Crippen LogP contribution in [0.15, 0.2) is 22.8 Å². The third-order valence-electron chi connectivity index (χ3n) is 2.61. The lowest BCUT2D eigenvalue weighted by Gasteiger charge is -2.21. The van der Waals surface area contributed by atoms with Crippen LogP contribution in [0.1, 0.15) is 26.0 Å². The molecule has 0 aliphatic rings. The van der Waals surface area contributed by atoms with Crippen molar-refractivity contribution in [3.63, 3.8) is 0 Å². The number of furan rings is 1. The molecule has 0 aliphatic heterocycles. The average Bonchev–Trinajstić information content (AvgIpc) is 2.85. The van der Waals surface area contributed by atoms with Gasteiger partial charge in [0.2, 0.25) is 5.91 Å². The van der Waals surface area contributed by atoms with Crippen LogP contribution in [0.25, 0.3) is 0 Å². The normalized spacial score (nSPS) is 11.8. The Morgan fingerprint density at radius 3 is 2.94 bits per heavy atom. The number of rotatable bonds is 6. The van der Waals surface area contributed by atoms with Gasteiger partial charge in [-0.15, -0.1) is 0 Å². The first-order chi connectivity index (χ1) is 8.17. The van der Waals surface area contributed by atoms with Crippen molar-refractivity contribution < 1.29 is 9.21 Å². The van der Waals surface area contributed by atoms with Gasteiger partial charge >= 0.3 is 0 Å². The molecule has 0 aromatic carbocycles. The standard InChI is InChI=1S/C13H18N2O2/c1-3-15(10-11(2)9-14)13(16)7-6-12-5-4-8-17-12/h4-5,8,11H,3,6-7,10H2,1-2H3. The molecule has 4 nitrogen and oxygen atoms in total. The van der Waals surface area contributed by atoms with E-state index < -0.39 is 0 Å². The highest BCUT2D eigenvalue weighted by molar-refractivity contribution is 5.76. The molecule has 1 aromatic heterocycles. The average molecular weight is 234 g/mol. The highest BCUT2D eigenvalue weighted by Gasteiger charge is 2.14. The van der Waals surface area contributed by atoms with Crippen molar-refractivity contribution in [2.75, 3.05) is 13.1 Å². The number of hydrogen-bond donors (Lipinski definition) is 0. The molecule has 4 heteroatoms. The Morgan fingerprint density at radius 1 is 1.65 bits per heavy atom. The fourth-order valence-electron chi connectivity index (χ4n) is 1.62. The number of hydrogen-bond acceptors (Lipinski definition) is 3. The first kappa shape index (κ1) is 13.3. The van der Waals surface area contributed by atoms with Crippen molar-refractivity contribution in [2.45, 2.75) is 26.7 Å². The van der Waals surface area contributed by atoms with Gasteiger partial charge in [-0.3, -0.25) is 4.79 Å². The molecule has 1 atom stereocenters. The third kappa shape index (κ3) is 4.31. The predicted molar refractivity (Wildman–Crippen MR) is 64.1 cm³/mol. The summed E-state index contributed by atoms with van der Waals surface area (Å²) in [5, 5.41) is 8.74. The van der Waals surface area contributed by atoms with E-state index in [1.54, 1.807) is 11.2 Å². The number of carbonyl (C=O) groups excluding carboxylic acids is 1. The topological polar surface area (TPSA) is 57.2 Å². The SMILES string of the molecule is CCN(CC(C)C#N)C(=O)CCc1ccco1. The second kappa shape index (κ2) is 6.74. The molecule has 0 N–H and O–H groups in total. The summed E-state index contributed by atoms with van der Waals surface area (Å²) in [7, 11) is 0. The molecule has 1 aromatic rings. The van der Waals surface area contributed by atoms with Crippen molar-refractivity contribution in [3.05, 3.63) is 24.2 Å². The van der Waals surface area contributed by atoms with Gasteiger partial charge in [0.05, 0.1) is 18.3 Å². The maximum Gasteiger partial charge on any atom is 0.223 e. The molecule has 0 fully saturated rings. The van der Waals surface area contributed by atoms with Gasteiger partial charge in [-0.2, -0.15) is 5.26 Å². The summed E-state index contributed by atoms with van der Waals surface area (Å²) in [6.07, 6.45) is 2.65. The van der Waals surface area contributed by atoms with Crippen molar-refractivity contribution in [1.82, 2.24) is 4.90 Å². The monoisotopic (exact) mass is 234 g/mol. The lowest BCUT2D eigenvalue weighted by atomic mass is 10.1. The summed E-state index contributed by atoms with van der Waals surface area (Å²) in [5.41, 5.74) is 0. The minimum atomic E-state index is -0.123. The molecular formula is C13H18N2O2. The lowest BCUT2D eigenvalue weighted by Crippen LogP contribution is -2.34. The smallest absolute Gasteiger partial charge is 0.223 e. The summed E-state index contributed by atoms with van der Waals surface area (Å²) >= 11 is 0. The number of nitriles is 1. The van der Waals surface area contributed by atoms with Gasteiger partial charge in [0, 0.05) is 25.9 Å². The lowest BCUT2D eigenvalue weighted by molar-refractivity contribution is -0.131. The van der Waals surface area contributed by atoms with Crippen molar-refractivity contribution in [2.24, 2.45) is 5.92 Å². The van der Waals surface area contributed by atoms with Crippen molar-refractivity contribution in [1.29, 1.82) is 5.26 Å². The maximum atomic E-state index is 11.9. The zero-order chi connectivity index (χ0) is 12.7. The van der Waals surface area contributed by atoms with Gasteiger partial charge in [-0.25, -0.2) is 0 Å². The minimum Gasteiger partial charge on any atom is -0.469 e. The van der Waals surface area contributed by atoms with Crippen molar-refractivity contribution >= 4 is 5.91 Å². The molecule has 1 heterocycles. The number of carbonyl (C=O) groups is 1. The van der Waals surface area contributed by atoms with Gasteiger partial charge in [0.1, 0.15) is 5.76 Å². The van der Waals surface area contributed by atoms with Crippen LogP contribution in [0.4, 0.5) is 0 Å². The molecule has 1 unspecified atom stereocenters. The second-order valence-electron chi connectivity index (χ2n) is 4.04. The molecule has 0 aliphatic carbocycles. The van der Waals surface area contributed by atoms with E-state index in [4.69, 9.17) is 9.68 Å². The highest BCUT2D eigenvalue weighted by Crippen LogP contribution is 2.07. The van der Waals surface area contributed by atoms with Gasteiger partial charge in [0.15, 0.2) is 0 Å². The number of nitrogens with zero attached hydrogens (tertiary/aromatic N) is 2. The van der Waals surface area contributed by atoms with Crippen LogP contribution in [0, 0.1) is 17.2 Å². The summed E-state index contributed by atoms with van der Waals surface area (Å²) in [6.45, 7) is 4.89. The van der Waals surface area contributed by atoms with E-state index >= 15 is 0 Å². The maximum absolute atomic E-state index is 11.9. The molecule has 17 heavy (non-hydrogen) atoms. The Bertz CT molecular complexity index is 379. The highest BCUT2D eigenvalue weighted by atomic mass is 16.3. The fraction of sp³-hybridized carbons (Fsp3) is 0.538. The molecule has 0 radical (unpaired) electrons. The number of amides is 1. The Kier molecular flexibility index (Phi) is 5.28. The Morgan fingerprint density at radius 2 is 2.41 bits per heavy atom. The van der Waals surface area contributed by atoms with Crippen LogP contribution in [-0.4, -0.2) is 23.9 Å². The molecule has 0 saturated carbocycles. The predicted octanol–water partition coefficient (Wildman–Crippen LogP) is 2.22. The largest absolute Gasteiger partial charge is 0.469 e. The summed E-state index contributed by atoms with van der Waals surface area (Å²) < 4.78 is 5.18. The van der Waals surface area contributed by atoms with Crippen LogP contribution in [0.3, 0.4) is 0 Å². The van der Waals surface area contributed by atoms with E-state index in [0.717, 1.165) is 5.76 Å². The van der Waals surface area contributed by atoms with Crippen molar-refractivity contribution in [3.8, 4) is 6.07 Å². The first-order valence-electron chi connectivity index (χ1n) is 5.87. The van der Waals surface area contributed by atoms with Gasteiger partial charge in [0.25, 0.3) is 0 Å². The summed E-state index contributed by atoms with van der Waals surface area (Å²) in [4.78, 5) is 13.6. The Balaban J connectivity index is 2.41. The van der Waals surface area contributed by atoms with Crippen LogP contribution < -0.4 is 0 Å². The van der Waals surface area contributed by atoms with Crippen LogP contribution in [-0.2, 0) is 11.2 Å². The van der Waals surface area contributed by atoms with E-state index in [9.17, 15) is 4.79 Å². The minimum absolute atomic E-state index is 0.0750. The molecule has 0 spiro atoms. The molecule has 92 valence electrons. The fourth-order valence-corrected chi connectivity index (χ4v) is 1.62. The molecule has 0 bridgehead atoms. The number of aryl methyl sites for hydroxylation is 1. The van der Waals surface area contributed by atoms with Gasteiger partial charge in [-0.05, 0) is 26.0 Å². The van der Waals surface area contributed by atoms with E-state index in [1.807, 2.05) is 26.0 Å². The van der Waals surface area contributed by atoms with Gasteiger partial charge in [-0.1, -0.05) is 0 Å². The molecular weight excluding hydrogens is 216 g/mol. The van der Waals surface area contributed by atoms with Crippen LogP contribution in [0.2, 0.25) is 0 Å². The second-order valence-corrected chi connectivity index (χ2v) is 4.04. The van der Waals surface area contributed by atoms with Crippen LogP contribution >= 0.6 is 0 Å². The Hall–Kier alpha value is -1.76. The third-order valence-corrected chi connectivity index (χ3v) is 2.61.